The molecule has 0 radical (unpaired) electrons. The van der Waals surface area contributed by atoms with Crippen molar-refractivity contribution in [2.45, 2.75) is 19.8 Å². The van der Waals surface area contributed by atoms with Gasteiger partial charge in [0.1, 0.15) is 5.82 Å². The summed E-state index contributed by atoms with van der Waals surface area (Å²) in [6.07, 6.45) is 3.47. The van der Waals surface area contributed by atoms with E-state index in [-0.39, 0.29) is 5.92 Å². The molecule has 116 valence electrons. The fourth-order valence-corrected chi connectivity index (χ4v) is 3.17. The number of aromatic nitrogens is 1. The summed E-state index contributed by atoms with van der Waals surface area (Å²) in [5, 5.41) is 14.7. The second-order valence-electron chi connectivity index (χ2n) is 5.92. The lowest BCUT2D eigenvalue weighted by molar-refractivity contribution is -0.141. The molecule has 2 heterocycles. The van der Waals surface area contributed by atoms with E-state index in [2.05, 4.69) is 40.3 Å². The summed E-state index contributed by atoms with van der Waals surface area (Å²) >= 11 is 0. The number of piperidine rings is 1. The number of aliphatic carboxylic acids is 1. The highest BCUT2D eigenvalue weighted by Crippen LogP contribution is 2.33. The van der Waals surface area contributed by atoms with E-state index >= 15 is 0 Å². The van der Waals surface area contributed by atoms with E-state index in [9.17, 15) is 9.90 Å². The number of anilines is 2. The number of pyridine rings is 1. The molecule has 1 aliphatic rings. The van der Waals surface area contributed by atoms with Crippen LogP contribution in [0.2, 0.25) is 0 Å². The number of fused-ring (bicyclic) bond motifs is 1. The molecule has 1 aliphatic heterocycles. The molecule has 1 unspecified atom stereocenters. The normalized spacial score (nSPS) is 18.5. The van der Waals surface area contributed by atoms with E-state index in [1.54, 1.807) is 0 Å². The highest BCUT2D eigenvalue weighted by atomic mass is 16.4. The summed E-state index contributed by atoms with van der Waals surface area (Å²) in [5.41, 5.74) is 2.17. The van der Waals surface area contributed by atoms with Crippen molar-refractivity contribution in [2.24, 2.45) is 5.92 Å². The first-order chi connectivity index (χ1) is 10.6. The first-order valence-corrected chi connectivity index (χ1v) is 7.65. The average molecular weight is 299 g/mol. The van der Waals surface area contributed by atoms with Gasteiger partial charge < -0.3 is 15.3 Å². The minimum absolute atomic E-state index is 0.306. The zero-order valence-corrected chi connectivity index (χ0v) is 13.0. The Morgan fingerprint density at radius 3 is 2.95 bits per heavy atom. The van der Waals surface area contributed by atoms with E-state index in [1.807, 2.05) is 13.2 Å². The number of nitrogens with zero attached hydrogens (tertiary/aromatic N) is 2. The van der Waals surface area contributed by atoms with Crippen LogP contribution < -0.4 is 10.2 Å². The summed E-state index contributed by atoms with van der Waals surface area (Å²) < 4.78 is 0. The quantitative estimate of drug-likeness (QED) is 0.912. The Morgan fingerprint density at radius 1 is 1.41 bits per heavy atom. The summed E-state index contributed by atoms with van der Waals surface area (Å²) in [6.45, 7) is 3.45. The average Bonchev–Trinajstić information content (AvgIpc) is 2.53. The van der Waals surface area contributed by atoms with Gasteiger partial charge in [-0.3, -0.25) is 4.79 Å². The van der Waals surface area contributed by atoms with Crippen LogP contribution in [0.25, 0.3) is 10.8 Å². The number of hydrogen-bond donors (Lipinski definition) is 2. The summed E-state index contributed by atoms with van der Waals surface area (Å²) in [6, 6.07) is 6.31. The molecule has 1 saturated heterocycles. The van der Waals surface area contributed by atoms with Gasteiger partial charge in [0.15, 0.2) is 0 Å². The highest BCUT2D eigenvalue weighted by Gasteiger charge is 2.27. The molecule has 2 N–H and O–H groups in total. The van der Waals surface area contributed by atoms with E-state index in [0.717, 1.165) is 41.7 Å². The third kappa shape index (κ3) is 2.58. The van der Waals surface area contributed by atoms with Gasteiger partial charge >= 0.3 is 5.97 Å². The zero-order valence-electron chi connectivity index (χ0n) is 13.0. The molecule has 5 heteroatoms. The molecule has 0 aliphatic carbocycles. The monoisotopic (exact) mass is 299 g/mol. The lowest BCUT2D eigenvalue weighted by Gasteiger charge is -2.32. The second-order valence-corrected chi connectivity index (χ2v) is 5.92. The molecule has 1 aromatic heterocycles. The molecule has 1 aromatic carbocycles. The van der Waals surface area contributed by atoms with Crippen molar-refractivity contribution < 1.29 is 9.90 Å². The topological polar surface area (TPSA) is 65.5 Å². The minimum atomic E-state index is -0.711. The van der Waals surface area contributed by atoms with Crippen molar-refractivity contribution in [3.8, 4) is 0 Å². The number of carboxylic acid groups (broad SMARTS) is 1. The van der Waals surface area contributed by atoms with Crippen molar-refractivity contribution in [3.63, 3.8) is 0 Å². The molecule has 3 rings (SSSR count). The SMILES string of the molecule is CNc1cnc(N2CCCC(C(=O)O)C2)c2cc(C)ccc12. The summed E-state index contributed by atoms with van der Waals surface area (Å²) in [7, 11) is 1.89. The van der Waals surface area contributed by atoms with Crippen molar-refractivity contribution >= 4 is 28.2 Å². The molecule has 0 spiro atoms. The zero-order chi connectivity index (χ0) is 15.7. The number of carbonyl (C=O) groups is 1. The van der Waals surface area contributed by atoms with Crippen molar-refractivity contribution in [3.05, 3.63) is 30.0 Å². The molecule has 22 heavy (non-hydrogen) atoms. The first kappa shape index (κ1) is 14.6. The first-order valence-electron chi connectivity index (χ1n) is 7.65. The van der Waals surface area contributed by atoms with Crippen LogP contribution in [0.1, 0.15) is 18.4 Å². The van der Waals surface area contributed by atoms with Gasteiger partial charge in [-0.15, -0.1) is 0 Å². The van der Waals surface area contributed by atoms with Crippen LogP contribution in [0.3, 0.4) is 0 Å². The van der Waals surface area contributed by atoms with Crippen LogP contribution in [-0.2, 0) is 4.79 Å². The lowest BCUT2D eigenvalue weighted by Crippen LogP contribution is -2.39. The Kier molecular flexibility index (Phi) is 3.88. The number of nitrogens with one attached hydrogen (secondary N) is 1. The number of benzene rings is 1. The fraction of sp³-hybridized carbons (Fsp3) is 0.412. The van der Waals surface area contributed by atoms with Gasteiger partial charge in [-0.25, -0.2) is 4.98 Å². The maximum atomic E-state index is 11.3. The van der Waals surface area contributed by atoms with Gasteiger partial charge in [0.05, 0.1) is 17.8 Å². The lowest BCUT2D eigenvalue weighted by atomic mass is 9.97. The minimum Gasteiger partial charge on any atom is -0.481 e. The maximum absolute atomic E-state index is 11.3. The third-order valence-corrected chi connectivity index (χ3v) is 4.36. The Labute approximate surface area is 130 Å². The predicted molar refractivity (Wildman–Crippen MR) is 88.6 cm³/mol. The van der Waals surface area contributed by atoms with E-state index < -0.39 is 5.97 Å². The van der Waals surface area contributed by atoms with Crippen LogP contribution in [0.15, 0.2) is 24.4 Å². The maximum Gasteiger partial charge on any atom is 0.308 e. The Balaban J connectivity index is 2.07. The fourth-order valence-electron chi connectivity index (χ4n) is 3.17. The largest absolute Gasteiger partial charge is 0.481 e. The van der Waals surface area contributed by atoms with Crippen LogP contribution in [0.5, 0.6) is 0 Å². The van der Waals surface area contributed by atoms with Crippen molar-refractivity contribution in [2.75, 3.05) is 30.4 Å². The van der Waals surface area contributed by atoms with Gasteiger partial charge in [0.25, 0.3) is 0 Å². The van der Waals surface area contributed by atoms with Crippen molar-refractivity contribution in [1.29, 1.82) is 0 Å². The van der Waals surface area contributed by atoms with Gasteiger partial charge in [-0.2, -0.15) is 0 Å². The molecular formula is C17H21N3O2. The highest BCUT2D eigenvalue weighted by molar-refractivity contribution is 6.00. The Bertz CT molecular complexity index is 714. The molecular weight excluding hydrogens is 278 g/mol. The van der Waals surface area contributed by atoms with Crippen LogP contribution >= 0.6 is 0 Å². The predicted octanol–water partition coefficient (Wildman–Crippen LogP) is 2.89. The number of rotatable bonds is 3. The van der Waals surface area contributed by atoms with Crippen LogP contribution in [-0.4, -0.2) is 36.2 Å². The third-order valence-electron chi connectivity index (χ3n) is 4.36. The van der Waals surface area contributed by atoms with Gasteiger partial charge in [0, 0.05) is 30.9 Å². The molecule has 0 bridgehead atoms. The van der Waals surface area contributed by atoms with Gasteiger partial charge in [-0.1, -0.05) is 17.7 Å². The number of hydrogen-bond acceptors (Lipinski definition) is 4. The van der Waals surface area contributed by atoms with Crippen molar-refractivity contribution in [1.82, 2.24) is 4.98 Å². The van der Waals surface area contributed by atoms with Crippen LogP contribution in [0, 0.1) is 12.8 Å². The second kappa shape index (κ2) is 5.83. The summed E-state index contributed by atoms with van der Waals surface area (Å²) in [4.78, 5) is 18.0. The molecule has 1 atom stereocenters. The van der Waals surface area contributed by atoms with Crippen LogP contribution in [0.4, 0.5) is 11.5 Å². The summed E-state index contributed by atoms with van der Waals surface area (Å²) in [5.74, 6) is -0.125. The van der Waals surface area contributed by atoms with E-state index in [1.165, 1.54) is 5.56 Å². The molecule has 0 saturated carbocycles. The molecule has 5 nitrogen and oxygen atoms in total. The number of aryl methyl sites for hydroxylation is 1. The molecule has 2 aromatic rings. The Hall–Kier alpha value is -2.30. The van der Waals surface area contributed by atoms with Gasteiger partial charge in [0.2, 0.25) is 0 Å². The smallest absolute Gasteiger partial charge is 0.308 e. The number of carboxylic acids is 1. The van der Waals surface area contributed by atoms with E-state index in [0.29, 0.717) is 6.54 Å². The van der Waals surface area contributed by atoms with Gasteiger partial charge in [-0.05, 0) is 25.8 Å². The standard InChI is InChI=1S/C17H21N3O2/c1-11-5-6-13-14(8-11)16(19-9-15(13)18-2)20-7-3-4-12(10-20)17(21)22/h5-6,8-9,12,18H,3-4,7,10H2,1-2H3,(H,21,22). The Morgan fingerprint density at radius 2 is 2.23 bits per heavy atom. The molecule has 0 amide bonds. The van der Waals surface area contributed by atoms with E-state index in [4.69, 9.17) is 0 Å². The molecule has 1 fully saturated rings.